The summed E-state index contributed by atoms with van der Waals surface area (Å²) in [6, 6.07) is 6.91. The first kappa shape index (κ1) is 16.0. The molecule has 1 spiro atoms. The zero-order valence-corrected chi connectivity index (χ0v) is 13.6. The molecule has 2 aliphatic rings. The van der Waals surface area contributed by atoms with Crippen molar-refractivity contribution >= 4 is 17.6 Å². The summed E-state index contributed by atoms with van der Waals surface area (Å²) in [6.07, 6.45) is 3.99. The van der Waals surface area contributed by atoms with Gasteiger partial charge in [0.2, 0.25) is 5.91 Å². The second-order valence-corrected chi connectivity index (χ2v) is 6.57. The Labute approximate surface area is 136 Å². The number of rotatable bonds is 5. The summed E-state index contributed by atoms with van der Waals surface area (Å²) in [5.41, 5.74) is 1.48. The van der Waals surface area contributed by atoms with Crippen molar-refractivity contribution in [3.63, 3.8) is 0 Å². The van der Waals surface area contributed by atoms with Gasteiger partial charge in [0.1, 0.15) is 0 Å². The third-order valence-electron chi connectivity index (χ3n) is 4.93. The van der Waals surface area contributed by atoms with Gasteiger partial charge in [-0.05, 0) is 68.5 Å². The van der Waals surface area contributed by atoms with Gasteiger partial charge in [-0.15, -0.1) is 0 Å². The molecule has 23 heavy (non-hydrogen) atoms. The number of carbonyl (C=O) groups excluding carboxylic acids is 2. The molecule has 1 amide bonds. The quantitative estimate of drug-likeness (QED) is 0.819. The highest BCUT2D eigenvalue weighted by Gasteiger charge is 2.57. The number of anilines is 1. The third kappa shape index (κ3) is 3.55. The lowest BCUT2D eigenvalue weighted by atomic mass is 9.92. The number of ether oxygens (including phenoxy) is 1. The molecule has 2 N–H and O–H groups in total. The van der Waals surface area contributed by atoms with E-state index in [1.54, 1.807) is 24.3 Å². The number of hydrogen-bond acceptors (Lipinski definition) is 4. The van der Waals surface area contributed by atoms with Gasteiger partial charge in [0.05, 0.1) is 12.2 Å². The Morgan fingerprint density at radius 3 is 2.61 bits per heavy atom. The van der Waals surface area contributed by atoms with Gasteiger partial charge in [-0.2, -0.15) is 0 Å². The van der Waals surface area contributed by atoms with E-state index in [2.05, 4.69) is 10.6 Å². The zero-order chi connectivity index (χ0) is 16.3. The van der Waals surface area contributed by atoms with E-state index in [0.29, 0.717) is 12.2 Å². The van der Waals surface area contributed by atoms with Crippen molar-refractivity contribution in [2.45, 2.75) is 32.6 Å². The first-order valence-electron chi connectivity index (χ1n) is 8.43. The molecule has 1 aromatic rings. The summed E-state index contributed by atoms with van der Waals surface area (Å²) < 4.78 is 5.09. The Bertz CT molecular complexity index is 576. The zero-order valence-electron chi connectivity index (χ0n) is 13.6. The van der Waals surface area contributed by atoms with Crippen molar-refractivity contribution in [2.24, 2.45) is 11.3 Å². The number of hydrogen-bond donors (Lipinski definition) is 2. The Hall–Kier alpha value is -1.88. The monoisotopic (exact) mass is 316 g/mol. The summed E-state index contributed by atoms with van der Waals surface area (Å²) in [7, 11) is 0. The van der Waals surface area contributed by atoms with Crippen LogP contribution in [0.1, 0.15) is 43.0 Å². The standard InChI is InChI=1S/C18H24N2O3/c1-2-11-23-17(22)13-3-5-14(6-4-13)20-16(21)15-12-18(15)7-9-19-10-8-18/h3-6,15,19H,2,7-12H2,1H3,(H,20,21)/t15-/m0/s1. The van der Waals surface area contributed by atoms with E-state index in [1.807, 2.05) is 6.92 Å². The number of benzene rings is 1. The molecule has 0 radical (unpaired) electrons. The van der Waals surface area contributed by atoms with Crippen LogP contribution >= 0.6 is 0 Å². The van der Waals surface area contributed by atoms with Crippen molar-refractivity contribution in [3.05, 3.63) is 29.8 Å². The van der Waals surface area contributed by atoms with Crippen LogP contribution in [0, 0.1) is 11.3 Å². The Balaban J connectivity index is 1.54. The van der Waals surface area contributed by atoms with Gasteiger partial charge in [0.15, 0.2) is 0 Å². The fourth-order valence-electron chi connectivity index (χ4n) is 3.39. The molecule has 5 heteroatoms. The Morgan fingerprint density at radius 2 is 1.96 bits per heavy atom. The summed E-state index contributed by atoms with van der Waals surface area (Å²) in [5, 5.41) is 6.32. The number of nitrogens with one attached hydrogen (secondary N) is 2. The highest BCUT2D eigenvalue weighted by molar-refractivity contribution is 5.96. The van der Waals surface area contributed by atoms with Gasteiger partial charge < -0.3 is 15.4 Å². The van der Waals surface area contributed by atoms with Gasteiger partial charge in [-0.1, -0.05) is 6.92 Å². The van der Waals surface area contributed by atoms with Crippen LogP contribution in [0.3, 0.4) is 0 Å². The van der Waals surface area contributed by atoms with Crippen molar-refractivity contribution < 1.29 is 14.3 Å². The molecule has 0 aromatic heterocycles. The second kappa shape index (κ2) is 6.71. The fourth-order valence-corrected chi connectivity index (χ4v) is 3.39. The SMILES string of the molecule is CCCOC(=O)c1ccc(NC(=O)[C@@H]2CC23CCNCC3)cc1. The van der Waals surface area contributed by atoms with E-state index in [1.165, 1.54) is 0 Å². The summed E-state index contributed by atoms with van der Waals surface area (Å²) >= 11 is 0. The van der Waals surface area contributed by atoms with Crippen LogP contribution in [0.15, 0.2) is 24.3 Å². The van der Waals surface area contributed by atoms with Gasteiger partial charge >= 0.3 is 5.97 Å². The highest BCUT2D eigenvalue weighted by atomic mass is 16.5. The largest absolute Gasteiger partial charge is 0.462 e. The molecule has 1 aliphatic heterocycles. The molecule has 1 atom stereocenters. The number of esters is 1. The van der Waals surface area contributed by atoms with Gasteiger partial charge in [-0.3, -0.25) is 4.79 Å². The second-order valence-electron chi connectivity index (χ2n) is 6.57. The topological polar surface area (TPSA) is 67.4 Å². The van der Waals surface area contributed by atoms with Gasteiger partial charge in [0, 0.05) is 11.6 Å². The molecule has 5 nitrogen and oxygen atoms in total. The molecule has 1 saturated heterocycles. The molecule has 0 bridgehead atoms. The number of carbonyl (C=O) groups is 2. The van der Waals surface area contributed by atoms with Crippen LogP contribution in [-0.2, 0) is 9.53 Å². The minimum Gasteiger partial charge on any atom is -0.462 e. The lowest BCUT2D eigenvalue weighted by molar-refractivity contribution is -0.118. The van der Waals surface area contributed by atoms with E-state index < -0.39 is 0 Å². The van der Waals surface area contributed by atoms with Crippen molar-refractivity contribution in [2.75, 3.05) is 25.0 Å². The van der Waals surface area contributed by atoms with Crippen LogP contribution < -0.4 is 10.6 Å². The number of amides is 1. The van der Waals surface area contributed by atoms with Crippen LogP contribution in [0.2, 0.25) is 0 Å². The van der Waals surface area contributed by atoms with Crippen LogP contribution in [-0.4, -0.2) is 31.6 Å². The van der Waals surface area contributed by atoms with Crippen LogP contribution in [0.4, 0.5) is 5.69 Å². The van der Waals surface area contributed by atoms with E-state index in [0.717, 1.165) is 44.5 Å². The van der Waals surface area contributed by atoms with Gasteiger partial charge in [-0.25, -0.2) is 4.79 Å². The molecule has 2 fully saturated rings. The van der Waals surface area contributed by atoms with Crippen LogP contribution in [0.5, 0.6) is 0 Å². The average Bonchev–Trinajstić information content (AvgIpc) is 3.27. The van der Waals surface area contributed by atoms with E-state index in [-0.39, 0.29) is 23.2 Å². The molecule has 1 aliphatic carbocycles. The van der Waals surface area contributed by atoms with Crippen molar-refractivity contribution in [1.82, 2.24) is 5.32 Å². The summed E-state index contributed by atoms with van der Waals surface area (Å²) in [4.78, 5) is 24.1. The summed E-state index contributed by atoms with van der Waals surface area (Å²) in [5.74, 6) is -0.0763. The molecule has 1 saturated carbocycles. The van der Waals surface area contributed by atoms with E-state index in [4.69, 9.17) is 4.74 Å². The lowest BCUT2D eigenvalue weighted by Gasteiger charge is -2.23. The molecule has 3 rings (SSSR count). The Kier molecular flexibility index (Phi) is 4.66. The first-order chi connectivity index (χ1) is 11.1. The minimum atomic E-state index is -0.319. The van der Waals surface area contributed by atoms with E-state index in [9.17, 15) is 9.59 Å². The maximum absolute atomic E-state index is 12.4. The maximum Gasteiger partial charge on any atom is 0.338 e. The predicted molar refractivity (Wildman–Crippen MR) is 88.3 cm³/mol. The molecule has 124 valence electrons. The summed E-state index contributed by atoms with van der Waals surface area (Å²) in [6.45, 7) is 4.41. The van der Waals surface area contributed by atoms with E-state index >= 15 is 0 Å². The maximum atomic E-state index is 12.4. The molecule has 1 heterocycles. The molecule has 0 unspecified atom stereocenters. The van der Waals surface area contributed by atoms with Crippen molar-refractivity contribution in [1.29, 1.82) is 0 Å². The molecule has 1 aromatic carbocycles. The highest BCUT2D eigenvalue weighted by Crippen LogP contribution is 2.58. The molecular weight excluding hydrogens is 292 g/mol. The van der Waals surface area contributed by atoms with Crippen LogP contribution in [0.25, 0.3) is 0 Å². The van der Waals surface area contributed by atoms with Crippen molar-refractivity contribution in [3.8, 4) is 0 Å². The fraction of sp³-hybridized carbons (Fsp3) is 0.556. The third-order valence-corrected chi connectivity index (χ3v) is 4.93. The number of piperidine rings is 1. The smallest absolute Gasteiger partial charge is 0.338 e. The average molecular weight is 316 g/mol. The van der Waals surface area contributed by atoms with Gasteiger partial charge in [0.25, 0.3) is 0 Å². The normalized spacial score (nSPS) is 21.7. The predicted octanol–water partition coefficient (Wildman–Crippen LogP) is 2.58. The minimum absolute atomic E-state index is 0.105. The lowest BCUT2D eigenvalue weighted by Crippen LogP contribution is -2.31. The first-order valence-corrected chi connectivity index (χ1v) is 8.43. The Morgan fingerprint density at radius 1 is 1.26 bits per heavy atom. The molecular formula is C18H24N2O3.